The summed E-state index contributed by atoms with van der Waals surface area (Å²) in [6.07, 6.45) is 0.684. The summed E-state index contributed by atoms with van der Waals surface area (Å²) >= 11 is 3.38. The highest BCUT2D eigenvalue weighted by Gasteiger charge is 2.32. The minimum absolute atomic E-state index is 0.209. The summed E-state index contributed by atoms with van der Waals surface area (Å²) in [5, 5.41) is 16.9. The van der Waals surface area contributed by atoms with E-state index in [0.29, 0.717) is 18.5 Å². The molecule has 1 aliphatic rings. The first-order valence-electron chi connectivity index (χ1n) is 11.2. The number of hydrogen-bond donors (Lipinski definition) is 3. The van der Waals surface area contributed by atoms with Crippen molar-refractivity contribution in [3.8, 4) is 5.75 Å². The lowest BCUT2D eigenvalue weighted by molar-refractivity contribution is 0.0858. The summed E-state index contributed by atoms with van der Waals surface area (Å²) in [5.74, 6) is 1.44. The van der Waals surface area contributed by atoms with Gasteiger partial charge in [0.05, 0.1) is 25.1 Å². The van der Waals surface area contributed by atoms with Gasteiger partial charge in [-0.25, -0.2) is 0 Å². The van der Waals surface area contributed by atoms with Crippen molar-refractivity contribution in [1.82, 2.24) is 5.32 Å². The van der Waals surface area contributed by atoms with Crippen LogP contribution in [0.25, 0.3) is 0 Å². The van der Waals surface area contributed by atoms with Crippen LogP contribution in [0.1, 0.15) is 40.0 Å². The van der Waals surface area contributed by atoms with E-state index in [1.165, 1.54) is 5.56 Å². The first-order valence-corrected chi connectivity index (χ1v) is 12.0. The molecule has 0 heterocycles. The number of hydrogen-bond acceptors (Lipinski definition) is 4. The largest absolute Gasteiger partial charge is 0.497 e. The lowest BCUT2D eigenvalue weighted by Crippen LogP contribution is -2.33. The van der Waals surface area contributed by atoms with Gasteiger partial charge < -0.3 is 20.5 Å². The molecule has 6 nitrogen and oxygen atoms in total. The Hall–Kier alpha value is -3.16. The first kappa shape index (κ1) is 24.0. The zero-order valence-electron chi connectivity index (χ0n) is 19.2. The number of carbonyl (C=O) groups is 1. The molecule has 0 saturated heterocycles. The lowest BCUT2D eigenvalue weighted by Gasteiger charge is -2.19. The summed E-state index contributed by atoms with van der Waals surface area (Å²) in [4.78, 5) is 17.4. The molecular weight excluding hydrogens is 494 g/mol. The highest BCUT2D eigenvalue weighted by Crippen LogP contribution is 2.34. The number of amides is 1. The molecule has 0 saturated carbocycles. The molecule has 3 aromatic carbocycles. The van der Waals surface area contributed by atoms with E-state index in [4.69, 9.17) is 4.74 Å². The molecule has 3 aromatic rings. The van der Waals surface area contributed by atoms with Crippen LogP contribution in [-0.4, -0.2) is 36.6 Å². The van der Waals surface area contributed by atoms with Gasteiger partial charge >= 0.3 is 0 Å². The van der Waals surface area contributed by atoms with Gasteiger partial charge in [-0.2, -0.15) is 0 Å². The average Bonchev–Trinajstić information content (AvgIpc) is 3.14. The Kier molecular flexibility index (Phi) is 7.65. The van der Waals surface area contributed by atoms with Crippen LogP contribution >= 0.6 is 15.9 Å². The van der Waals surface area contributed by atoms with Crippen molar-refractivity contribution in [2.24, 2.45) is 4.99 Å². The molecule has 0 aromatic heterocycles. The van der Waals surface area contributed by atoms with Crippen molar-refractivity contribution in [2.75, 3.05) is 19.0 Å². The quantitative estimate of drug-likeness (QED) is 0.304. The Labute approximate surface area is 208 Å². The molecule has 0 spiro atoms. The minimum Gasteiger partial charge on any atom is -0.497 e. The molecule has 1 aliphatic carbocycles. The second-order valence-corrected chi connectivity index (χ2v) is 9.25. The average molecular weight is 522 g/mol. The number of nitrogens with zero attached hydrogens (tertiary/aromatic N) is 1. The van der Waals surface area contributed by atoms with Crippen LogP contribution in [0.5, 0.6) is 5.75 Å². The number of aliphatic hydroxyl groups excluding tert-OH is 1. The van der Waals surface area contributed by atoms with Crippen LogP contribution in [0.15, 0.2) is 76.2 Å². The molecule has 1 amide bonds. The summed E-state index contributed by atoms with van der Waals surface area (Å²) in [5.41, 5.74) is 4.59. The molecule has 34 heavy (non-hydrogen) atoms. The van der Waals surface area contributed by atoms with Crippen LogP contribution in [0.4, 0.5) is 5.69 Å². The van der Waals surface area contributed by atoms with Gasteiger partial charge in [0.1, 0.15) is 5.75 Å². The lowest BCUT2D eigenvalue weighted by atomic mass is 10.1. The predicted octanol–water partition coefficient (Wildman–Crippen LogP) is 4.92. The zero-order valence-corrected chi connectivity index (χ0v) is 20.8. The fourth-order valence-electron chi connectivity index (χ4n) is 4.09. The number of amidine groups is 1. The standard InChI is InChI=1S/C27H28BrN3O3/c1-17(29-14-13-18-3-11-23(34-2)12-4-18)30-22-10-7-20-15-25(32)26(24(20)16-22)31-27(33)19-5-8-21(28)9-6-19/h3-12,16,25-26,32H,13-15H2,1-2H3,(H,29,30)(H,31,33)/t25-,26-/m1/s1. The number of aliphatic hydroxyl groups is 1. The van der Waals surface area contributed by atoms with Crippen molar-refractivity contribution in [3.63, 3.8) is 0 Å². The van der Waals surface area contributed by atoms with Gasteiger partial charge in [-0.05, 0) is 78.6 Å². The third kappa shape index (κ3) is 5.85. The monoisotopic (exact) mass is 521 g/mol. The van der Waals surface area contributed by atoms with E-state index in [-0.39, 0.29) is 5.91 Å². The second kappa shape index (κ2) is 10.8. The summed E-state index contributed by atoms with van der Waals surface area (Å²) in [6, 6.07) is 20.7. The van der Waals surface area contributed by atoms with E-state index in [1.54, 1.807) is 19.2 Å². The van der Waals surface area contributed by atoms with Gasteiger partial charge in [0.2, 0.25) is 0 Å². The number of carbonyl (C=O) groups excluding carboxylic acids is 1. The molecule has 3 N–H and O–H groups in total. The van der Waals surface area contributed by atoms with E-state index in [1.807, 2.05) is 61.5 Å². The third-order valence-corrected chi connectivity index (χ3v) is 6.45. The van der Waals surface area contributed by atoms with Crippen LogP contribution in [0, 0.1) is 0 Å². The third-order valence-electron chi connectivity index (χ3n) is 5.92. The van der Waals surface area contributed by atoms with Crippen molar-refractivity contribution < 1.29 is 14.6 Å². The molecule has 2 atom stereocenters. The number of nitrogens with one attached hydrogen (secondary N) is 2. The Morgan fingerprint density at radius 3 is 2.56 bits per heavy atom. The summed E-state index contributed by atoms with van der Waals surface area (Å²) in [7, 11) is 1.66. The van der Waals surface area contributed by atoms with E-state index in [2.05, 4.69) is 31.6 Å². The molecule has 0 fully saturated rings. The zero-order chi connectivity index (χ0) is 24.1. The predicted molar refractivity (Wildman–Crippen MR) is 139 cm³/mol. The number of aliphatic imine (C=N–C) groups is 1. The molecule has 0 radical (unpaired) electrons. The van der Waals surface area contributed by atoms with Crippen molar-refractivity contribution >= 4 is 33.4 Å². The van der Waals surface area contributed by atoms with Crippen molar-refractivity contribution in [1.29, 1.82) is 0 Å². The number of methoxy groups -OCH3 is 1. The number of fused-ring (bicyclic) bond motifs is 1. The van der Waals surface area contributed by atoms with Crippen LogP contribution in [0.3, 0.4) is 0 Å². The van der Waals surface area contributed by atoms with Crippen molar-refractivity contribution in [2.45, 2.75) is 31.9 Å². The maximum atomic E-state index is 12.7. The topological polar surface area (TPSA) is 83.0 Å². The van der Waals surface area contributed by atoms with E-state index < -0.39 is 12.1 Å². The molecule has 0 bridgehead atoms. The molecule has 0 aliphatic heterocycles. The fourth-order valence-corrected chi connectivity index (χ4v) is 4.36. The maximum Gasteiger partial charge on any atom is 0.251 e. The van der Waals surface area contributed by atoms with Crippen LogP contribution < -0.4 is 15.4 Å². The SMILES string of the molecule is COc1ccc(CCN=C(C)Nc2ccc3c(c2)[C@@H](NC(=O)c2ccc(Br)cc2)[C@H](O)C3)cc1. The fraction of sp³-hybridized carbons (Fsp3) is 0.259. The molecule has 176 valence electrons. The van der Waals surface area contributed by atoms with Gasteiger partial charge in [0, 0.05) is 28.7 Å². The highest BCUT2D eigenvalue weighted by atomic mass is 79.9. The van der Waals surface area contributed by atoms with Gasteiger partial charge in [0.25, 0.3) is 5.91 Å². The van der Waals surface area contributed by atoms with Crippen molar-refractivity contribution in [3.05, 3.63) is 93.5 Å². The van der Waals surface area contributed by atoms with E-state index in [9.17, 15) is 9.90 Å². The smallest absolute Gasteiger partial charge is 0.251 e. The molecular formula is C27H28BrN3O3. The molecule has 4 rings (SSSR count). The number of halogens is 1. The Bertz CT molecular complexity index is 1180. The molecule has 7 heteroatoms. The van der Waals surface area contributed by atoms with Crippen LogP contribution in [-0.2, 0) is 12.8 Å². The van der Waals surface area contributed by atoms with Gasteiger partial charge in [-0.3, -0.25) is 9.79 Å². The van der Waals surface area contributed by atoms with Gasteiger partial charge in [-0.1, -0.05) is 34.1 Å². The van der Waals surface area contributed by atoms with Gasteiger partial charge in [-0.15, -0.1) is 0 Å². The Morgan fingerprint density at radius 1 is 1.12 bits per heavy atom. The number of benzene rings is 3. The minimum atomic E-state index is -0.663. The summed E-state index contributed by atoms with van der Waals surface area (Å²) < 4.78 is 6.10. The number of ether oxygens (including phenoxy) is 1. The first-order chi connectivity index (χ1) is 16.4. The molecule has 0 unspecified atom stereocenters. The normalized spacial score (nSPS) is 17.2. The second-order valence-electron chi connectivity index (χ2n) is 8.33. The van der Waals surface area contributed by atoms with E-state index in [0.717, 1.165) is 39.3 Å². The number of anilines is 1. The Morgan fingerprint density at radius 2 is 1.85 bits per heavy atom. The van der Waals surface area contributed by atoms with Crippen LogP contribution in [0.2, 0.25) is 0 Å². The summed E-state index contributed by atoms with van der Waals surface area (Å²) in [6.45, 7) is 2.60. The number of rotatable bonds is 7. The van der Waals surface area contributed by atoms with E-state index >= 15 is 0 Å². The maximum absolute atomic E-state index is 12.7. The highest BCUT2D eigenvalue weighted by molar-refractivity contribution is 9.10. The Balaban J connectivity index is 1.39. The van der Waals surface area contributed by atoms with Gasteiger partial charge in [0.15, 0.2) is 0 Å².